The van der Waals surface area contributed by atoms with Crippen LogP contribution in [0.2, 0.25) is 0 Å². The molecule has 0 bridgehead atoms. The lowest BCUT2D eigenvalue weighted by molar-refractivity contribution is 0.707. The second-order valence-electron chi connectivity index (χ2n) is 3.86. The van der Waals surface area contributed by atoms with Crippen LogP contribution in [-0.2, 0) is 0 Å². The van der Waals surface area contributed by atoms with Gasteiger partial charge >= 0.3 is 0 Å². The number of aryl methyl sites for hydroxylation is 1. The molecule has 0 aliphatic heterocycles. The Bertz CT molecular complexity index is 271. The SMILES string of the molecule is Cc1ccc(N(C)CCCCCBr)nc1. The summed E-state index contributed by atoms with van der Waals surface area (Å²) in [5.74, 6) is 1.07. The van der Waals surface area contributed by atoms with Crippen LogP contribution >= 0.6 is 15.9 Å². The Morgan fingerprint density at radius 1 is 1.27 bits per heavy atom. The van der Waals surface area contributed by atoms with Gasteiger partial charge in [0.15, 0.2) is 0 Å². The number of pyridine rings is 1. The molecule has 3 heteroatoms. The minimum absolute atomic E-state index is 1.07. The van der Waals surface area contributed by atoms with E-state index in [0.29, 0.717) is 0 Å². The maximum absolute atomic E-state index is 4.39. The summed E-state index contributed by atoms with van der Waals surface area (Å²) >= 11 is 3.44. The van der Waals surface area contributed by atoms with E-state index < -0.39 is 0 Å². The molecule has 84 valence electrons. The van der Waals surface area contributed by atoms with Crippen LogP contribution in [-0.4, -0.2) is 23.9 Å². The van der Waals surface area contributed by atoms with Crippen molar-refractivity contribution in [3.8, 4) is 0 Å². The Labute approximate surface area is 101 Å². The van der Waals surface area contributed by atoms with Crippen molar-refractivity contribution >= 4 is 21.7 Å². The van der Waals surface area contributed by atoms with Crippen LogP contribution in [0.4, 0.5) is 5.82 Å². The third kappa shape index (κ3) is 4.65. The van der Waals surface area contributed by atoms with Crippen molar-refractivity contribution in [2.24, 2.45) is 0 Å². The molecule has 0 saturated carbocycles. The zero-order valence-corrected chi connectivity index (χ0v) is 11.1. The fraction of sp³-hybridized carbons (Fsp3) is 0.583. The first kappa shape index (κ1) is 12.5. The topological polar surface area (TPSA) is 16.1 Å². The van der Waals surface area contributed by atoms with Crippen molar-refractivity contribution in [1.82, 2.24) is 4.98 Å². The molecule has 0 aliphatic carbocycles. The van der Waals surface area contributed by atoms with E-state index in [1.165, 1.54) is 24.8 Å². The summed E-state index contributed by atoms with van der Waals surface area (Å²) in [6, 6.07) is 4.19. The highest BCUT2D eigenvalue weighted by atomic mass is 79.9. The van der Waals surface area contributed by atoms with E-state index in [1.54, 1.807) is 0 Å². The molecule has 0 aliphatic rings. The standard InChI is InChI=1S/C12H19BrN2/c1-11-6-7-12(14-10-11)15(2)9-5-3-4-8-13/h6-7,10H,3-5,8-9H2,1-2H3. The number of halogens is 1. The first-order chi connectivity index (χ1) is 7.24. The van der Waals surface area contributed by atoms with Gasteiger partial charge in [0.2, 0.25) is 0 Å². The Kier molecular flexibility index (Phi) is 5.69. The van der Waals surface area contributed by atoms with Gasteiger partial charge in [-0.15, -0.1) is 0 Å². The minimum Gasteiger partial charge on any atom is -0.360 e. The van der Waals surface area contributed by atoms with Gasteiger partial charge in [-0.25, -0.2) is 4.98 Å². The van der Waals surface area contributed by atoms with Crippen LogP contribution in [0.3, 0.4) is 0 Å². The summed E-state index contributed by atoms with van der Waals surface area (Å²) < 4.78 is 0. The van der Waals surface area contributed by atoms with E-state index in [4.69, 9.17) is 0 Å². The van der Waals surface area contributed by atoms with Gasteiger partial charge in [-0.2, -0.15) is 0 Å². The predicted octanol–water partition coefficient (Wildman–Crippen LogP) is 3.39. The lowest BCUT2D eigenvalue weighted by Crippen LogP contribution is -2.19. The number of hydrogen-bond donors (Lipinski definition) is 0. The number of hydrogen-bond acceptors (Lipinski definition) is 2. The fourth-order valence-corrected chi connectivity index (χ4v) is 1.82. The second-order valence-corrected chi connectivity index (χ2v) is 4.66. The van der Waals surface area contributed by atoms with Crippen molar-refractivity contribution in [3.05, 3.63) is 23.9 Å². The van der Waals surface area contributed by atoms with E-state index in [-0.39, 0.29) is 0 Å². The molecule has 0 fully saturated rings. The van der Waals surface area contributed by atoms with Crippen LogP contribution in [0.25, 0.3) is 0 Å². The van der Waals surface area contributed by atoms with Gasteiger partial charge in [-0.05, 0) is 31.4 Å². The monoisotopic (exact) mass is 270 g/mol. The van der Waals surface area contributed by atoms with Crippen LogP contribution < -0.4 is 4.90 Å². The van der Waals surface area contributed by atoms with Gasteiger partial charge in [0.05, 0.1) is 0 Å². The highest BCUT2D eigenvalue weighted by Crippen LogP contribution is 2.10. The molecule has 0 amide bonds. The number of aromatic nitrogens is 1. The summed E-state index contributed by atoms with van der Waals surface area (Å²) in [6.45, 7) is 3.15. The minimum atomic E-state index is 1.07. The molecule has 0 spiro atoms. The first-order valence-electron chi connectivity index (χ1n) is 5.44. The normalized spacial score (nSPS) is 10.3. The average molecular weight is 271 g/mol. The van der Waals surface area contributed by atoms with Gasteiger partial charge in [0.1, 0.15) is 5.82 Å². The summed E-state index contributed by atoms with van der Waals surface area (Å²) in [6.07, 6.45) is 5.69. The van der Waals surface area contributed by atoms with E-state index in [0.717, 1.165) is 17.7 Å². The summed E-state index contributed by atoms with van der Waals surface area (Å²) in [5.41, 5.74) is 1.21. The molecule has 0 aromatic carbocycles. The van der Waals surface area contributed by atoms with E-state index in [2.05, 4.69) is 51.9 Å². The molecule has 1 heterocycles. The summed E-state index contributed by atoms with van der Waals surface area (Å²) in [7, 11) is 2.10. The fourth-order valence-electron chi connectivity index (χ4n) is 1.42. The van der Waals surface area contributed by atoms with Crippen LogP contribution in [0, 0.1) is 6.92 Å². The molecular weight excluding hydrogens is 252 g/mol. The predicted molar refractivity (Wildman–Crippen MR) is 69.9 cm³/mol. The van der Waals surface area contributed by atoms with Crippen molar-refractivity contribution in [3.63, 3.8) is 0 Å². The Balaban J connectivity index is 2.33. The molecule has 0 radical (unpaired) electrons. The Hall–Kier alpha value is -0.570. The molecule has 15 heavy (non-hydrogen) atoms. The van der Waals surface area contributed by atoms with E-state index >= 15 is 0 Å². The van der Waals surface area contributed by atoms with Crippen LogP contribution in [0.1, 0.15) is 24.8 Å². The van der Waals surface area contributed by atoms with Crippen molar-refractivity contribution in [1.29, 1.82) is 0 Å². The summed E-state index contributed by atoms with van der Waals surface area (Å²) in [5, 5.41) is 1.11. The first-order valence-corrected chi connectivity index (χ1v) is 6.56. The number of anilines is 1. The summed E-state index contributed by atoms with van der Waals surface area (Å²) in [4.78, 5) is 6.61. The Morgan fingerprint density at radius 2 is 2.07 bits per heavy atom. The Morgan fingerprint density at radius 3 is 2.67 bits per heavy atom. The van der Waals surface area contributed by atoms with E-state index in [9.17, 15) is 0 Å². The highest BCUT2D eigenvalue weighted by Gasteiger charge is 2.00. The average Bonchev–Trinajstić information content (AvgIpc) is 2.25. The highest BCUT2D eigenvalue weighted by molar-refractivity contribution is 9.09. The molecule has 0 saturated heterocycles. The van der Waals surface area contributed by atoms with E-state index in [1.807, 2.05) is 6.20 Å². The third-order valence-electron chi connectivity index (χ3n) is 2.41. The number of rotatable bonds is 6. The maximum Gasteiger partial charge on any atom is 0.128 e. The number of alkyl halides is 1. The molecule has 0 unspecified atom stereocenters. The molecule has 0 N–H and O–H groups in total. The van der Waals surface area contributed by atoms with Gasteiger partial charge in [0, 0.05) is 25.1 Å². The molecular formula is C12H19BrN2. The molecule has 1 rings (SSSR count). The van der Waals surface area contributed by atoms with Crippen LogP contribution in [0.15, 0.2) is 18.3 Å². The molecule has 1 aromatic rings. The quantitative estimate of drug-likeness (QED) is 0.582. The third-order valence-corrected chi connectivity index (χ3v) is 2.97. The smallest absolute Gasteiger partial charge is 0.128 e. The molecule has 1 aromatic heterocycles. The molecule has 0 atom stereocenters. The van der Waals surface area contributed by atoms with Gasteiger partial charge in [-0.3, -0.25) is 0 Å². The lowest BCUT2D eigenvalue weighted by atomic mass is 10.2. The van der Waals surface area contributed by atoms with Gasteiger partial charge in [-0.1, -0.05) is 28.4 Å². The second kappa shape index (κ2) is 6.83. The largest absolute Gasteiger partial charge is 0.360 e. The molecule has 2 nitrogen and oxygen atoms in total. The maximum atomic E-state index is 4.39. The zero-order valence-electron chi connectivity index (χ0n) is 9.54. The van der Waals surface area contributed by atoms with Crippen LogP contribution in [0.5, 0.6) is 0 Å². The number of unbranched alkanes of at least 4 members (excludes halogenated alkanes) is 2. The van der Waals surface area contributed by atoms with Gasteiger partial charge in [0.25, 0.3) is 0 Å². The van der Waals surface area contributed by atoms with Gasteiger partial charge < -0.3 is 4.90 Å². The van der Waals surface area contributed by atoms with Crippen molar-refractivity contribution < 1.29 is 0 Å². The number of nitrogens with zero attached hydrogens (tertiary/aromatic N) is 2. The zero-order chi connectivity index (χ0) is 11.1. The van der Waals surface area contributed by atoms with Crippen molar-refractivity contribution in [2.75, 3.05) is 23.8 Å². The lowest BCUT2D eigenvalue weighted by Gasteiger charge is -2.17. The van der Waals surface area contributed by atoms with Crippen molar-refractivity contribution in [2.45, 2.75) is 26.2 Å².